The molecule has 0 spiro atoms. The van der Waals surface area contributed by atoms with E-state index in [1.54, 1.807) is 25.1 Å². The minimum Gasteiger partial charge on any atom is -0.496 e. The van der Waals surface area contributed by atoms with E-state index in [-0.39, 0.29) is 45.0 Å². The lowest BCUT2D eigenvalue weighted by Crippen LogP contribution is -2.14. The highest BCUT2D eigenvalue weighted by Gasteiger charge is 2.23. The highest BCUT2D eigenvalue weighted by atomic mass is 35.5. The number of amides is 1. The van der Waals surface area contributed by atoms with E-state index in [1.165, 1.54) is 43.5 Å². The Labute approximate surface area is 229 Å². The summed E-state index contributed by atoms with van der Waals surface area (Å²) in [5, 5.41) is 23.2. The van der Waals surface area contributed by atoms with Crippen LogP contribution in [0, 0.1) is 28.4 Å². The van der Waals surface area contributed by atoms with E-state index in [4.69, 9.17) is 25.3 Å². The number of rotatable bonds is 10. The molecular weight excluding hydrogens is 550 g/mol. The molecule has 1 amide bonds. The van der Waals surface area contributed by atoms with Gasteiger partial charge in [0.05, 0.1) is 29.7 Å². The van der Waals surface area contributed by atoms with Crippen molar-refractivity contribution < 1.29 is 31.8 Å². The average molecular weight is 572 g/mol. The number of carbonyl (C=O) groups excluding carboxylic acids is 1. The molecule has 202 valence electrons. The van der Waals surface area contributed by atoms with E-state index in [0.717, 1.165) is 17.7 Å². The van der Waals surface area contributed by atoms with Crippen molar-refractivity contribution in [1.29, 1.82) is 5.26 Å². The monoisotopic (exact) mass is 571 g/mol. The molecule has 13 heteroatoms. The Balaban J connectivity index is 1.95. The minimum absolute atomic E-state index is 0.0459. The van der Waals surface area contributed by atoms with Crippen LogP contribution >= 0.6 is 11.6 Å². The van der Waals surface area contributed by atoms with Crippen LogP contribution in [-0.2, 0) is 14.9 Å². The van der Waals surface area contributed by atoms with Gasteiger partial charge in [-0.2, -0.15) is 13.7 Å². The average Bonchev–Trinajstić information content (AvgIpc) is 2.89. The van der Waals surface area contributed by atoms with E-state index >= 15 is 0 Å². The molecule has 0 aliphatic rings. The van der Waals surface area contributed by atoms with Crippen LogP contribution < -0.4 is 19.0 Å². The molecule has 11 nitrogen and oxygen atoms in total. The van der Waals surface area contributed by atoms with Gasteiger partial charge in [0.15, 0.2) is 5.75 Å². The smallest absolute Gasteiger partial charge is 0.339 e. The molecule has 0 aliphatic heterocycles. The number of hydrogen-bond acceptors (Lipinski definition) is 9. The van der Waals surface area contributed by atoms with Crippen molar-refractivity contribution in [2.24, 2.45) is 0 Å². The van der Waals surface area contributed by atoms with Crippen molar-refractivity contribution in [3.8, 4) is 23.3 Å². The second kappa shape index (κ2) is 12.3. The number of nitro benzene ring substituents is 1. The summed E-state index contributed by atoms with van der Waals surface area (Å²) in [6, 6.07) is 14.2. The van der Waals surface area contributed by atoms with Crippen LogP contribution in [-0.4, -0.2) is 33.0 Å². The summed E-state index contributed by atoms with van der Waals surface area (Å²) in [6.07, 6.45) is 1.16. The van der Waals surface area contributed by atoms with Gasteiger partial charge in [-0.3, -0.25) is 14.9 Å². The highest BCUT2D eigenvalue weighted by molar-refractivity contribution is 7.87. The number of nitrogens with one attached hydrogen (secondary N) is 1. The Bertz CT molecular complexity index is 1600. The molecule has 0 aromatic heterocycles. The van der Waals surface area contributed by atoms with Gasteiger partial charge in [-0.15, -0.1) is 0 Å². The number of aryl methyl sites for hydroxylation is 1. The third-order valence-electron chi connectivity index (χ3n) is 5.16. The van der Waals surface area contributed by atoms with Crippen LogP contribution in [0.25, 0.3) is 6.08 Å². The third-order valence-corrected chi connectivity index (χ3v) is 6.68. The molecule has 0 saturated carbocycles. The lowest BCUT2D eigenvalue weighted by Gasteiger charge is -2.14. The Kier molecular flexibility index (Phi) is 9.13. The van der Waals surface area contributed by atoms with Crippen LogP contribution in [0.3, 0.4) is 0 Å². The van der Waals surface area contributed by atoms with Crippen LogP contribution in [0.15, 0.2) is 65.1 Å². The minimum atomic E-state index is -4.26. The zero-order chi connectivity index (χ0) is 28.7. The number of benzene rings is 3. The van der Waals surface area contributed by atoms with Crippen molar-refractivity contribution in [2.75, 3.05) is 19.0 Å². The van der Waals surface area contributed by atoms with Gasteiger partial charge < -0.3 is 19.0 Å². The Hall–Kier alpha value is -4.60. The number of nitro groups is 1. The maximum absolute atomic E-state index is 12.8. The zero-order valence-corrected chi connectivity index (χ0v) is 22.5. The van der Waals surface area contributed by atoms with Gasteiger partial charge in [-0.25, -0.2) is 0 Å². The van der Waals surface area contributed by atoms with Crippen LogP contribution in [0.4, 0.5) is 11.4 Å². The molecule has 0 saturated heterocycles. The Morgan fingerprint density at radius 1 is 1.18 bits per heavy atom. The summed E-state index contributed by atoms with van der Waals surface area (Å²) in [5.41, 5.74) is 0.0686. The maximum Gasteiger partial charge on any atom is 0.339 e. The van der Waals surface area contributed by atoms with Gasteiger partial charge in [-0.05, 0) is 61.9 Å². The molecule has 3 rings (SSSR count). The Morgan fingerprint density at radius 3 is 2.46 bits per heavy atom. The first-order chi connectivity index (χ1) is 18.5. The van der Waals surface area contributed by atoms with Gasteiger partial charge in [-0.1, -0.05) is 29.3 Å². The van der Waals surface area contributed by atoms with E-state index in [0.29, 0.717) is 0 Å². The van der Waals surface area contributed by atoms with Crippen LogP contribution in [0.5, 0.6) is 17.2 Å². The zero-order valence-electron chi connectivity index (χ0n) is 20.9. The lowest BCUT2D eigenvalue weighted by atomic mass is 10.1. The molecule has 3 aromatic rings. The number of ether oxygens (including phenoxy) is 2. The maximum atomic E-state index is 12.8. The van der Waals surface area contributed by atoms with Crippen molar-refractivity contribution in [3.05, 3.63) is 86.4 Å². The molecule has 3 aromatic carbocycles. The van der Waals surface area contributed by atoms with Crippen molar-refractivity contribution in [3.63, 3.8) is 0 Å². The second-order valence-electron chi connectivity index (χ2n) is 7.88. The largest absolute Gasteiger partial charge is 0.496 e. The summed E-state index contributed by atoms with van der Waals surface area (Å²) in [7, 11) is -2.92. The first-order valence-electron chi connectivity index (χ1n) is 11.2. The first-order valence-corrected chi connectivity index (χ1v) is 13.0. The quantitative estimate of drug-likeness (QED) is 0.112. The Morgan fingerprint density at radius 2 is 1.87 bits per heavy atom. The van der Waals surface area contributed by atoms with Gasteiger partial charge in [0.1, 0.15) is 28.0 Å². The van der Waals surface area contributed by atoms with Crippen molar-refractivity contribution in [1.82, 2.24) is 0 Å². The van der Waals surface area contributed by atoms with E-state index in [2.05, 4.69) is 5.32 Å². The SMILES string of the molecule is CCOc1cc(/C=C(\C#N)C(=O)Nc2ccc(OC)cc2[N+](=O)[O-])cc(Cl)c1OS(=O)(=O)c1ccc(C)cc1. The number of nitrogens with zero attached hydrogens (tertiary/aromatic N) is 2. The fourth-order valence-corrected chi connectivity index (χ4v) is 4.54. The molecular formula is C26H22ClN3O8S. The summed E-state index contributed by atoms with van der Waals surface area (Å²) in [5.74, 6) is -1.04. The third kappa shape index (κ3) is 7.04. The normalized spacial score (nSPS) is 11.3. The molecule has 0 heterocycles. The van der Waals surface area contributed by atoms with E-state index < -0.39 is 32.2 Å². The summed E-state index contributed by atoms with van der Waals surface area (Å²) < 4.78 is 41.4. The van der Waals surface area contributed by atoms with E-state index in [1.807, 2.05) is 6.92 Å². The number of halogens is 1. The highest BCUT2D eigenvalue weighted by Crippen LogP contribution is 2.39. The van der Waals surface area contributed by atoms with Gasteiger partial charge in [0.2, 0.25) is 5.75 Å². The van der Waals surface area contributed by atoms with Gasteiger partial charge in [0, 0.05) is 0 Å². The molecule has 0 aliphatic carbocycles. The van der Waals surface area contributed by atoms with Crippen molar-refractivity contribution in [2.45, 2.75) is 18.7 Å². The predicted octanol–water partition coefficient (Wildman–Crippen LogP) is 5.28. The van der Waals surface area contributed by atoms with Gasteiger partial charge >= 0.3 is 10.1 Å². The summed E-state index contributed by atoms with van der Waals surface area (Å²) >= 11 is 6.34. The number of nitriles is 1. The fourth-order valence-electron chi connectivity index (χ4n) is 3.28. The number of anilines is 1. The molecule has 1 N–H and O–H groups in total. The number of hydrogen-bond donors (Lipinski definition) is 1. The summed E-state index contributed by atoms with van der Waals surface area (Å²) in [4.78, 5) is 23.4. The molecule has 0 radical (unpaired) electrons. The fraction of sp³-hybridized carbons (Fsp3) is 0.154. The first kappa shape index (κ1) is 29.0. The number of methoxy groups -OCH3 is 1. The van der Waals surface area contributed by atoms with Crippen LogP contribution in [0.1, 0.15) is 18.1 Å². The molecule has 0 atom stereocenters. The second-order valence-corrected chi connectivity index (χ2v) is 9.83. The molecule has 0 bridgehead atoms. The van der Waals surface area contributed by atoms with E-state index in [9.17, 15) is 28.6 Å². The standard InChI is InChI=1S/C26H22ClN3O8S/c1-4-37-24-13-17(12-21(27)25(24)38-39(34,35)20-8-5-16(2)6-9-20)11-18(15-28)26(31)29-22-10-7-19(36-3)14-23(22)30(32)33/h5-14H,4H2,1-3H3,(H,29,31)/b18-11+. The predicted molar refractivity (Wildman–Crippen MR) is 143 cm³/mol. The summed E-state index contributed by atoms with van der Waals surface area (Å²) in [6.45, 7) is 3.59. The lowest BCUT2D eigenvalue weighted by molar-refractivity contribution is -0.384. The van der Waals surface area contributed by atoms with Gasteiger partial charge in [0.25, 0.3) is 11.6 Å². The molecule has 39 heavy (non-hydrogen) atoms. The van der Waals surface area contributed by atoms with Crippen molar-refractivity contribution >= 4 is 45.1 Å². The molecule has 0 unspecified atom stereocenters. The topological polar surface area (TPSA) is 158 Å². The molecule has 0 fully saturated rings. The van der Waals surface area contributed by atoms with Crippen LogP contribution in [0.2, 0.25) is 5.02 Å². The number of carbonyl (C=O) groups is 1.